The lowest BCUT2D eigenvalue weighted by atomic mass is 9.41. The second-order valence-electron chi connectivity index (χ2n) is 7.15. The van der Waals surface area contributed by atoms with Crippen LogP contribution in [-0.2, 0) is 4.65 Å². The van der Waals surface area contributed by atoms with Gasteiger partial charge in [-0.05, 0) is 43.3 Å². The van der Waals surface area contributed by atoms with Gasteiger partial charge in [0.05, 0.1) is 11.2 Å². The third kappa shape index (κ3) is 1.69. The smallest absolute Gasteiger partial charge is 0.427 e. The summed E-state index contributed by atoms with van der Waals surface area (Å²) in [5.41, 5.74) is -1.51. The maximum absolute atomic E-state index is 11.0. The van der Waals surface area contributed by atoms with Crippen LogP contribution >= 0.6 is 0 Å². The van der Waals surface area contributed by atoms with E-state index in [4.69, 9.17) is 4.65 Å². The molecule has 2 N–H and O–H groups in total. The molecule has 0 aromatic rings. The van der Waals surface area contributed by atoms with Gasteiger partial charge in [0.2, 0.25) is 0 Å². The summed E-state index contributed by atoms with van der Waals surface area (Å²) in [6.45, 7) is 10.2. The SMILES string of the molecule is CCC(C)B(O)OC1(C)CCC2CC1(O)C2(C)C. The first-order valence-corrected chi connectivity index (χ1v) is 7.26. The number of hydrogen-bond acceptors (Lipinski definition) is 3. The van der Waals surface area contributed by atoms with Crippen molar-refractivity contribution in [2.75, 3.05) is 0 Å². The van der Waals surface area contributed by atoms with Crippen LogP contribution in [0.3, 0.4) is 0 Å². The molecule has 3 fully saturated rings. The zero-order valence-corrected chi connectivity index (χ0v) is 12.4. The van der Waals surface area contributed by atoms with Gasteiger partial charge in [-0.3, -0.25) is 0 Å². The Bertz CT molecular complexity index is 333. The monoisotopic (exact) mass is 254 g/mol. The molecule has 2 bridgehead atoms. The largest absolute Gasteiger partial charge is 0.457 e. The molecule has 0 spiro atoms. The average Bonchev–Trinajstić information content (AvgIpc) is 2.31. The van der Waals surface area contributed by atoms with Crippen molar-refractivity contribution in [1.82, 2.24) is 0 Å². The van der Waals surface area contributed by atoms with Gasteiger partial charge in [-0.25, -0.2) is 0 Å². The molecule has 0 saturated heterocycles. The lowest BCUT2D eigenvalue weighted by molar-refractivity contribution is -0.308. The van der Waals surface area contributed by atoms with Gasteiger partial charge in [0.15, 0.2) is 0 Å². The molecule has 3 aliphatic rings. The second-order valence-corrected chi connectivity index (χ2v) is 7.15. The summed E-state index contributed by atoms with van der Waals surface area (Å²) < 4.78 is 5.93. The van der Waals surface area contributed by atoms with Crippen molar-refractivity contribution in [2.45, 2.75) is 77.3 Å². The minimum atomic E-state index is -0.794. The summed E-state index contributed by atoms with van der Waals surface area (Å²) in [6, 6.07) is 0. The van der Waals surface area contributed by atoms with E-state index in [-0.39, 0.29) is 11.2 Å². The summed E-state index contributed by atoms with van der Waals surface area (Å²) in [7, 11) is -0.781. The van der Waals surface area contributed by atoms with Crippen LogP contribution in [-0.4, -0.2) is 28.5 Å². The van der Waals surface area contributed by atoms with Crippen molar-refractivity contribution in [2.24, 2.45) is 11.3 Å². The van der Waals surface area contributed by atoms with Crippen LogP contribution in [0.1, 0.15) is 60.3 Å². The minimum absolute atomic E-state index is 0.102. The molecule has 0 aromatic carbocycles. The topological polar surface area (TPSA) is 49.7 Å². The van der Waals surface area contributed by atoms with E-state index in [1.807, 2.05) is 20.8 Å². The van der Waals surface area contributed by atoms with Crippen LogP contribution in [0.25, 0.3) is 0 Å². The highest BCUT2D eigenvalue weighted by Gasteiger charge is 2.70. The van der Waals surface area contributed by atoms with Crippen molar-refractivity contribution >= 4 is 7.12 Å². The van der Waals surface area contributed by atoms with E-state index in [9.17, 15) is 10.1 Å². The first kappa shape index (κ1) is 14.4. The maximum atomic E-state index is 11.0. The predicted molar refractivity (Wildman–Crippen MR) is 73.2 cm³/mol. The molecular formula is C14H27BO3. The zero-order chi connectivity index (χ0) is 13.8. The molecule has 3 nitrogen and oxygen atoms in total. The first-order valence-electron chi connectivity index (χ1n) is 7.26. The number of rotatable bonds is 4. The van der Waals surface area contributed by atoms with Crippen molar-refractivity contribution < 1.29 is 14.8 Å². The summed E-state index contributed by atoms with van der Waals surface area (Å²) in [6.07, 6.45) is 3.61. The third-order valence-electron chi connectivity index (χ3n) is 5.98. The second kappa shape index (κ2) is 4.22. The molecular weight excluding hydrogens is 227 g/mol. The molecule has 4 unspecified atom stereocenters. The Morgan fingerprint density at radius 3 is 2.50 bits per heavy atom. The molecule has 0 heterocycles. The minimum Gasteiger partial charge on any atom is -0.427 e. The third-order valence-corrected chi connectivity index (χ3v) is 5.98. The summed E-state index contributed by atoms with van der Waals surface area (Å²) in [5.74, 6) is 0.700. The fourth-order valence-corrected chi connectivity index (χ4v) is 3.84. The molecule has 4 heteroatoms. The van der Waals surface area contributed by atoms with Gasteiger partial charge in [0, 0.05) is 0 Å². The summed E-state index contributed by atoms with van der Waals surface area (Å²) in [4.78, 5) is 0. The molecule has 0 radical (unpaired) electrons. The Morgan fingerprint density at radius 1 is 1.39 bits per heavy atom. The summed E-state index contributed by atoms with van der Waals surface area (Å²) in [5, 5.41) is 21.1. The van der Waals surface area contributed by atoms with Crippen LogP contribution in [0, 0.1) is 11.3 Å². The van der Waals surface area contributed by atoms with Crippen LogP contribution in [0.4, 0.5) is 0 Å². The van der Waals surface area contributed by atoms with Gasteiger partial charge >= 0.3 is 7.12 Å². The Morgan fingerprint density at radius 2 is 2.00 bits per heavy atom. The molecule has 0 amide bonds. The van der Waals surface area contributed by atoms with Gasteiger partial charge in [-0.15, -0.1) is 0 Å². The highest BCUT2D eigenvalue weighted by molar-refractivity contribution is 6.44. The van der Waals surface area contributed by atoms with E-state index >= 15 is 0 Å². The molecule has 0 aliphatic heterocycles. The quantitative estimate of drug-likeness (QED) is 0.758. The van der Waals surface area contributed by atoms with Gasteiger partial charge < -0.3 is 14.8 Å². The van der Waals surface area contributed by atoms with E-state index in [2.05, 4.69) is 13.8 Å². The predicted octanol–water partition coefficient (Wildman–Crippen LogP) is 2.61. The normalized spacial score (nSPS) is 43.2. The maximum Gasteiger partial charge on any atom is 0.457 e. The van der Waals surface area contributed by atoms with E-state index in [0.29, 0.717) is 5.92 Å². The zero-order valence-electron chi connectivity index (χ0n) is 12.4. The fraction of sp³-hybridized carbons (Fsp3) is 1.00. The van der Waals surface area contributed by atoms with Gasteiger partial charge in [-0.1, -0.05) is 34.1 Å². The van der Waals surface area contributed by atoms with Gasteiger partial charge in [0.1, 0.15) is 0 Å². The van der Waals surface area contributed by atoms with E-state index in [1.54, 1.807) is 0 Å². The van der Waals surface area contributed by atoms with Gasteiger partial charge in [0.25, 0.3) is 0 Å². The van der Waals surface area contributed by atoms with Crippen LogP contribution < -0.4 is 0 Å². The average molecular weight is 254 g/mol. The molecule has 4 atom stereocenters. The molecule has 0 aromatic heterocycles. The Balaban J connectivity index is 2.16. The van der Waals surface area contributed by atoms with E-state index < -0.39 is 18.3 Å². The van der Waals surface area contributed by atoms with Crippen LogP contribution in [0.5, 0.6) is 0 Å². The van der Waals surface area contributed by atoms with Crippen molar-refractivity contribution in [1.29, 1.82) is 0 Å². The molecule has 18 heavy (non-hydrogen) atoms. The van der Waals surface area contributed by atoms with Crippen molar-refractivity contribution in [3.05, 3.63) is 0 Å². The highest BCUT2D eigenvalue weighted by atomic mass is 16.6. The van der Waals surface area contributed by atoms with Crippen molar-refractivity contribution in [3.63, 3.8) is 0 Å². The Kier molecular flexibility index (Phi) is 3.37. The van der Waals surface area contributed by atoms with Crippen LogP contribution in [0.2, 0.25) is 5.82 Å². The van der Waals surface area contributed by atoms with E-state index in [0.717, 1.165) is 25.7 Å². The fourth-order valence-electron chi connectivity index (χ4n) is 3.84. The van der Waals surface area contributed by atoms with E-state index in [1.165, 1.54) is 0 Å². The van der Waals surface area contributed by atoms with Crippen LogP contribution in [0.15, 0.2) is 0 Å². The number of hydrogen-bond donors (Lipinski definition) is 2. The molecule has 3 saturated carbocycles. The number of fused-ring (bicyclic) bond motifs is 2. The number of aliphatic hydroxyl groups is 1. The van der Waals surface area contributed by atoms with Crippen molar-refractivity contribution in [3.8, 4) is 0 Å². The molecule has 3 rings (SSSR count). The summed E-state index contributed by atoms with van der Waals surface area (Å²) >= 11 is 0. The molecule has 3 aliphatic carbocycles. The lowest BCUT2D eigenvalue weighted by Gasteiger charge is -2.69. The standard InChI is InChI=1S/C14H27BO3/c1-6-10(2)15(17)18-13(5)8-7-11-9-14(13,16)12(11,3)4/h10-11,16-17H,6-9H2,1-5H3. The Hall–Kier alpha value is -0.0551. The Labute approximate surface area is 111 Å². The molecule has 104 valence electrons. The highest BCUT2D eigenvalue weighted by Crippen LogP contribution is 2.66. The first-order chi connectivity index (χ1) is 8.18. The lowest BCUT2D eigenvalue weighted by Crippen LogP contribution is -2.76. The van der Waals surface area contributed by atoms with Gasteiger partial charge in [-0.2, -0.15) is 0 Å².